The zero-order valence-corrected chi connectivity index (χ0v) is 14.8. The molecule has 0 aromatic carbocycles. The monoisotopic (exact) mass is 333 g/mol. The Morgan fingerprint density at radius 1 is 1.21 bits per heavy atom. The predicted octanol–water partition coefficient (Wildman–Crippen LogP) is 0.726. The molecule has 0 spiro atoms. The number of aromatic nitrogens is 2. The zero-order chi connectivity index (χ0) is 17.1. The van der Waals surface area contributed by atoms with Gasteiger partial charge in [0, 0.05) is 32.2 Å². The van der Waals surface area contributed by atoms with Crippen molar-refractivity contribution in [1.29, 1.82) is 0 Å². The van der Waals surface area contributed by atoms with Gasteiger partial charge in [0.1, 0.15) is 0 Å². The fourth-order valence-electron chi connectivity index (χ4n) is 3.63. The number of hydrogen-bond acceptors (Lipinski definition) is 6. The lowest BCUT2D eigenvalue weighted by atomic mass is 10.0. The first kappa shape index (κ1) is 17.1. The maximum absolute atomic E-state index is 12.6. The minimum atomic E-state index is -0.118. The summed E-state index contributed by atoms with van der Waals surface area (Å²) in [6.07, 6.45) is 6.54. The van der Waals surface area contributed by atoms with Gasteiger partial charge in [-0.25, -0.2) is 9.97 Å². The molecule has 2 aliphatic heterocycles. The summed E-state index contributed by atoms with van der Waals surface area (Å²) in [6.45, 7) is 4.35. The molecule has 3 heterocycles. The van der Waals surface area contributed by atoms with Crippen LogP contribution in [-0.4, -0.2) is 90.0 Å². The molecule has 0 aliphatic carbocycles. The molecule has 1 aromatic rings. The summed E-state index contributed by atoms with van der Waals surface area (Å²) in [7, 11) is 5.60. The third kappa shape index (κ3) is 3.67. The van der Waals surface area contributed by atoms with E-state index in [0.29, 0.717) is 11.8 Å². The van der Waals surface area contributed by atoms with E-state index in [2.05, 4.69) is 26.8 Å². The lowest BCUT2D eigenvalue weighted by Crippen LogP contribution is -2.45. The van der Waals surface area contributed by atoms with Gasteiger partial charge in [0.25, 0.3) is 5.91 Å². The van der Waals surface area contributed by atoms with E-state index in [-0.39, 0.29) is 17.8 Å². The van der Waals surface area contributed by atoms with E-state index in [4.69, 9.17) is 4.74 Å². The number of ether oxygens (including phenoxy) is 1. The van der Waals surface area contributed by atoms with Gasteiger partial charge in [-0.1, -0.05) is 0 Å². The molecule has 0 N–H and O–H groups in total. The van der Waals surface area contributed by atoms with Crippen LogP contribution in [0.2, 0.25) is 0 Å². The Balaban J connectivity index is 1.57. The van der Waals surface area contributed by atoms with Crippen LogP contribution < -0.4 is 4.74 Å². The first-order valence-corrected chi connectivity index (χ1v) is 8.64. The number of methoxy groups -OCH3 is 1. The van der Waals surface area contributed by atoms with Crippen LogP contribution in [0.5, 0.6) is 5.75 Å². The van der Waals surface area contributed by atoms with Crippen molar-refractivity contribution in [3.63, 3.8) is 0 Å². The molecule has 1 atom stereocenters. The van der Waals surface area contributed by atoms with Crippen molar-refractivity contribution in [2.24, 2.45) is 0 Å². The van der Waals surface area contributed by atoms with Gasteiger partial charge in [-0.3, -0.25) is 9.69 Å². The van der Waals surface area contributed by atoms with Gasteiger partial charge in [0.15, 0.2) is 5.75 Å². The molecule has 3 rings (SSSR count). The predicted molar refractivity (Wildman–Crippen MR) is 91.2 cm³/mol. The Morgan fingerprint density at radius 3 is 2.50 bits per heavy atom. The van der Waals surface area contributed by atoms with Crippen LogP contribution in [0, 0.1) is 0 Å². The van der Waals surface area contributed by atoms with Crippen LogP contribution in [0.4, 0.5) is 0 Å². The number of likely N-dealkylation sites (N-methyl/N-ethyl adjacent to an activating group) is 1. The summed E-state index contributed by atoms with van der Waals surface area (Å²) >= 11 is 0. The van der Waals surface area contributed by atoms with E-state index >= 15 is 0 Å². The van der Waals surface area contributed by atoms with Crippen LogP contribution in [0.15, 0.2) is 12.4 Å². The molecule has 24 heavy (non-hydrogen) atoms. The minimum absolute atomic E-state index is 0.118. The van der Waals surface area contributed by atoms with Crippen molar-refractivity contribution >= 4 is 5.91 Å². The quantitative estimate of drug-likeness (QED) is 0.809. The summed E-state index contributed by atoms with van der Waals surface area (Å²) in [5.74, 6) is 0.674. The van der Waals surface area contributed by atoms with E-state index in [9.17, 15) is 4.79 Å². The summed E-state index contributed by atoms with van der Waals surface area (Å²) in [5, 5.41) is 0. The van der Waals surface area contributed by atoms with Crippen molar-refractivity contribution < 1.29 is 9.53 Å². The molecule has 0 radical (unpaired) electrons. The van der Waals surface area contributed by atoms with Crippen LogP contribution in [0.25, 0.3) is 0 Å². The molecular formula is C17H27N5O2. The largest absolute Gasteiger partial charge is 0.494 e. The molecule has 0 saturated carbocycles. The molecule has 1 amide bonds. The molecule has 2 saturated heterocycles. The van der Waals surface area contributed by atoms with Gasteiger partial charge < -0.3 is 14.5 Å². The lowest BCUT2D eigenvalue weighted by molar-refractivity contribution is 0.0709. The van der Waals surface area contributed by atoms with E-state index in [1.165, 1.54) is 38.3 Å². The average Bonchev–Trinajstić information content (AvgIpc) is 3.11. The maximum Gasteiger partial charge on any atom is 0.291 e. The number of rotatable bonds is 4. The number of amides is 1. The highest BCUT2D eigenvalue weighted by molar-refractivity contribution is 5.90. The second kappa shape index (κ2) is 7.44. The van der Waals surface area contributed by atoms with Gasteiger partial charge in [0.05, 0.1) is 19.5 Å². The third-order valence-corrected chi connectivity index (χ3v) is 5.32. The van der Waals surface area contributed by atoms with Gasteiger partial charge in [-0.05, 0) is 39.4 Å². The number of likely N-dealkylation sites (tertiary alicyclic amines) is 2. The molecular weight excluding hydrogens is 306 g/mol. The minimum Gasteiger partial charge on any atom is -0.494 e. The fraction of sp³-hybridized carbons (Fsp3) is 0.706. The molecule has 1 aromatic heterocycles. The van der Waals surface area contributed by atoms with Gasteiger partial charge in [0.2, 0.25) is 5.82 Å². The summed E-state index contributed by atoms with van der Waals surface area (Å²) < 4.78 is 5.04. The molecule has 132 valence electrons. The Bertz CT molecular complexity index is 557. The number of piperidine rings is 1. The highest BCUT2D eigenvalue weighted by Crippen LogP contribution is 2.23. The van der Waals surface area contributed by atoms with Crippen LogP contribution in [0.3, 0.4) is 0 Å². The normalized spacial score (nSPS) is 23.4. The topological polar surface area (TPSA) is 61.8 Å². The zero-order valence-electron chi connectivity index (χ0n) is 14.8. The van der Waals surface area contributed by atoms with Crippen molar-refractivity contribution in [3.05, 3.63) is 18.2 Å². The second-order valence-electron chi connectivity index (χ2n) is 6.83. The first-order valence-electron chi connectivity index (χ1n) is 8.64. The van der Waals surface area contributed by atoms with Crippen molar-refractivity contribution in [2.75, 3.05) is 47.4 Å². The smallest absolute Gasteiger partial charge is 0.291 e. The number of nitrogens with zero attached hydrogens (tertiary/aromatic N) is 5. The van der Waals surface area contributed by atoms with Crippen LogP contribution in [0.1, 0.15) is 29.9 Å². The maximum atomic E-state index is 12.6. The summed E-state index contributed by atoms with van der Waals surface area (Å²) in [5.41, 5.74) is 0. The second-order valence-corrected chi connectivity index (χ2v) is 6.83. The summed E-state index contributed by atoms with van der Waals surface area (Å²) in [4.78, 5) is 27.6. The first-order chi connectivity index (χ1) is 11.6. The standard InChI is InChI=1S/C17H27N5O2/c1-20-7-4-13(5-8-20)22-9-6-14(12-22)21(2)17(23)16-18-10-15(24-3)11-19-16/h10-11,13-14H,4-9,12H2,1-3H3. The van der Waals surface area contributed by atoms with E-state index in [1.54, 1.807) is 12.0 Å². The molecule has 0 bridgehead atoms. The van der Waals surface area contributed by atoms with Crippen molar-refractivity contribution in [1.82, 2.24) is 24.7 Å². The third-order valence-electron chi connectivity index (χ3n) is 5.32. The van der Waals surface area contributed by atoms with Gasteiger partial charge in [-0.2, -0.15) is 0 Å². The molecule has 7 nitrogen and oxygen atoms in total. The number of carbonyl (C=O) groups is 1. The molecule has 7 heteroatoms. The Hall–Kier alpha value is -1.73. The Labute approximate surface area is 143 Å². The van der Waals surface area contributed by atoms with Crippen molar-refractivity contribution in [3.8, 4) is 5.75 Å². The highest BCUT2D eigenvalue weighted by Gasteiger charge is 2.34. The van der Waals surface area contributed by atoms with Crippen LogP contribution >= 0.6 is 0 Å². The molecule has 1 unspecified atom stereocenters. The van der Waals surface area contributed by atoms with Gasteiger partial charge >= 0.3 is 0 Å². The fourth-order valence-corrected chi connectivity index (χ4v) is 3.63. The average molecular weight is 333 g/mol. The van der Waals surface area contributed by atoms with E-state index in [0.717, 1.165) is 19.5 Å². The lowest BCUT2D eigenvalue weighted by Gasteiger charge is -2.35. The number of hydrogen-bond donors (Lipinski definition) is 0. The Morgan fingerprint density at radius 2 is 1.88 bits per heavy atom. The Kier molecular flexibility index (Phi) is 5.30. The van der Waals surface area contributed by atoms with E-state index < -0.39 is 0 Å². The van der Waals surface area contributed by atoms with Gasteiger partial charge in [-0.15, -0.1) is 0 Å². The SMILES string of the molecule is COc1cnc(C(=O)N(C)C2CCN(C3CCN(C)CC3)C2)nc1. The molecule has 2 fully saturated rings. The molecule has 2 aliphatic rings. The van der Waals surface area contributed by atoms with Crippen molar-refractivity contribution in [2.45, 2.75) is 31.3 Å². The van der Waals surface area contributed by atoms with E-state index in [1.807, 2.05) is 7.05 Å². The van der Waals surface area contributed by atoms with Crippen LogP contribution in [-0.2, 0) is 0 Å². The summed E-state index contributed by atoms with van der Waals surface area (Å²) in [6, 6.07) is 0.898. The highest BCUT2D eigenvalue weighted by atomic mass is 16.5. The number of carbonyl (C=O) groups excluding carboxylic acids is 1.